The quantitative estimate of drug-likeness (QED) is 0.120. The van der Waals surface area contributed by atoms with Crippen molar-refractivity contribution in [1.82, 2.24) is 9.21 Å². The minimum Gasteiger partial charge on any atom is -0.480 e. The summed E-state index contributed by atoms with van der Waals surface area (Å²) in [5.74, 6) is -1.67. The van der Waals surface area contributed by atoms with E-state index in [1.54, 1.807) is 31.2 Å². The van der Waals surface area contributed by atoms with E-state index in [0.717, 1.165) is 21.0 Å². The number of nitrogens with zero attached hydrogens (tertiary/aromatic N) is 2. The molecule has 2 N–H and O–H groups in total. The predicted octanol–water partition coefficient (Wildman–Crippen LogP) is 6.79. The van der Waals surface area contributed by atoms with Crippen molar-refractivity contribution < 1.29 is 27.9 Å². The molecule has 1 aliphatic rings. The van der Waals surface area contributed by atoms with Crippen LogP contribution < -0.4 is 5.32 Å². The number of amides is 1. The highest BCUT2D eigenvalue weighted by molar-refractivity contribution is 8.00. The van der Waals surface area contributed by atoms with E-state index in [4.69, 9.17) is 4.74 Å². The van der Waals surface area contributed by atoms with Gasteiger partial charge in [0.05, 0.1) is 29.0 Å². The Labute approximate surface area is 309 Å². The fourth-order valence-electron chi connectivity index (χ4n) is 6.59. The van der Waals surface area contributed by atoms with E-state index < -0.39 is 32.9 Å². The Morgan fingerprint density at radius 3 is 1.69 bits per heavy atom. The number of hydrogen-bond donors (Lipinski definition) is 2. The van der Waals surface area contributed by atoms with E-state index in [2.05, 4.69) is 5.32 Å². The minimum atomic E-state index is -4.41. The standard InChI is InChI=1S/C41H41N3O6S2/c1-31(43-26-28-50-29-27-43)44(52(48,49)37-24-22-36(23-25-37)42-39(45)32-14-6-2-7-15-32)38(40(46)47)30-51-41(33-16-8-3-9-17-33,34-18-10-4-11-19-34)35-20-12-5-13-21-35/h2-25,31,38H,26-30H2,1H3,(H,42,45)(H,46,47)/t31?,38-/m0/s1. The number of carbonyl (C=O) groups excluding carboxylic acids is 1. The van der Waals surface area contributed by atoms with Crippen molar-refractivity contribution in [3.05, 3.63) is 168 Å². The van der Waals surface area contributed by atoms with E-state index in [9.17, 15) is 23.1 Å². The third-order valence-electron chi connectivity index (χ3n) is 9.26. The van der Waals surface area contributed by atoms with Crippen molar-refractivity contribution in [1.29, 1.82) is 0 Å². The van der Waals surface area contributed by atoms with Gasteiger partial charge in [-0.15, -0.1) is 11.8 Å². The maximum absolute atomic E-state index is 14.8. The molecule has 268 valence electrons. The molecule has 1 heterocycles. The molecule has 1 unspecified atom stereocenters. The summed E-state index contributed by atoms with van der Waals surface area (Å²) in [6, 6.07) is 42.7. The smallest absolute Gasteiger partial charge is 0.322 e. The summed E-state index contributed by atoms with van der Waals surface area (Å²) >= 11 is 1.40. The molecule has 2 atom stereocenters. The second-order valence-corrected chi connectivity index (χ2v) is 15.5. The maximum atomic E-state index is 14.8. The topological polar surface area (TPSA) is 116 Å². The fourth-order valence-corrected chi connectivity index (χ4v) is 10.1. The molecule has 0 bridgehead atoms. The van der Waals surface area contributed by atoms with E-state index in [-0.39, 0.29) is 16.6 Å². The SMILES string of the molecule is CC(N1CCOCC1)N([C@@H](CSC(c1ccccc1)(c1ccccc1)c1ccccc1)C(=O)O)S(=O)(=O)c1ccc(NC(=O)c2ccccc2)cc1. The molecule has 0 saturated carbocycles. The number of morpholine rings is 1. The molecule has 52 heavy (non-hydrogen) atoms. The van der Waals surface area contributed by atoms with Crippen LogP contribution in [0.5, 0.6) is 0 Å². The normalized spacial score (nSPS) is 15.1. The first kappa shape index (κ1) is 37.0. The Balaban J connectivity index is 1.39. The number of nitrogens with one attached hydrogen (secondary N) is 1. The van der Waals surface area contributed by atoms with Gasteiger partial charge in [-0.2, -0.15) is 4.31 Å². The first-order valence-corrected chi connectivity index (χ1v) is 19.5. The van der Waals surface area contributed by atoms with Crippen LogP contribution in [-0.2, 0) is 24.3 Å². The van der Waals surface area contributed by atoms with Crippen molar-refractivity contribution in [3.63, 3.8) is 0 Å². The van der Waals surface area contributed by atoms with Gasteiger partial charge in [0.25, 0.3) is 5.91 Å². The van der Waals surface area contributed by atoms with Crippen molar-refractivity contribution in [2.75, 3.05) is 37.4 Å². The van der Waals surface area contributed by atoms with E-state index in [1.165, 1.54) is 36.0 Å². The number of thioether (sulfide) groups is 1. The lowest BCUT2D eigenvalue weighted by atomic mass is 9.84. The van der Waals surface area contributed by atoms with E-state index in [1.807, 2.05) is 102 Å². The lowest BCUT2D eigenvalue weighted by Gasteiger charge is -2.42. The zero-order valence-corrected chi connectivity index (χ0v) is 30.4. The molecular formula is C41H41N3O6S2. The number of carboxylic acid groups (broad SMARTS) is 1. The van der Waals surface area contributed by atoms with Crippen LogP contribution in [0.15, 0.2) is 150 Å². The molecule has 5 aromatic carbocycles. The Bertz CT molecular complexity index is 1930. The zero-order valence-electron chi connectivity index (χ0n) is 28.7. The van der Waals surface area contributed by atoms with Crippen molar-refractivity contribution in [2.45, 2.75) is 28.8 Å². The number of carboxylic acids is 1. The van der Waals surface area contributed by atoms with Gasteiger partial charge in [0, 0.05) is 30.1 Å². The van der Waals surface area contributed by atoms with Crippen LogP contribution in [0, 0.1) is 0 Å². The maximum Gasteiger partial charge on any atom is 0.322 e. The lowest BCUT2D eigenvalue weighted by molar-refractivity contribution is -0.142. The predicted molar refractivity (Wildman–Crippen MR) is 205 cm³/mol. The van der Waals surface area contributed by atoms with Crippen molar-refractivity contribution >= 4 is 39.3 Å². The molecule has 1 amide bonds. The Kier molecular flexibility index (Phi) is 11.9. The van der Waals surface area contributed by atoms with Crippen LogP contribution >= 0.6 is 11.8 Å². The molecule has 0 radical (unpaired) electrons. The van der Waals surface area contributed by atoms with Crippen LogP contribution in [-0.4, -0.2) is 78.9 Å². The van der Waals surface area contributed by atoms with Crippen LogP contribution in [0.1, 0.15) is 34.0 Å². The largest absolute Gasteiger partial charge is 0.480 e. The lowest BCUT2D eigenvalue weighted by Crippen LogP contribution is -2.58. The van der Waals surface area contributed by atoms with Crippen molar-refractivity contribution in [2.24, 2.45) is 0 Å². The van der Waals surface area contributed by atoms with Crippen LogP contribution in [0.3, 0.4) is 0 Å². The Morgan fingerprint density at radius 2 is 1.23 bits per heavy atom. The Hall–Kier alpha value is -4.78. The summed E-state index contributed by atoms with van der Waals surface area (Å²) in [5, 5.41) is 13.7. The van der Waals surface area contributed by atoms with Gasteiger partial charge in [0.1, 0.15) is 6.04 Å². The second-order valence-electron chi connectivity index (χ2n) is 12.4. The highest BCUT2D eigenvalue weighted by Crippen LogP contribution is 2.49. The first-order valence-electron chi connectivity index (χ1n) is 17.1. The highest BCUT2D eigenvalue weighted by atomic mass is 32.2. The van der Waals surface area contributed by atoms with Gasteiger partial charge in [0.15, 0.2) is 0 Å². The molecule has 1 saturated heterocycles. The molecule has 0 aromatic heterocycles. The van der Waals surface area contributed by atoms with Gasteiger partial charge in [-0.3, -0.25) is 14.5 Å². The molecular weight excluding hydrogens is 695 g/mol. The summed E-state index contributed by atoms with van der Waals surface area (Å²) in [6.07, 6.45) is -0.812. The molecule has 0 aliphatic carbocycles. The Morgan fingerprint density at radius 1 is 0.769 bits per heavy atom. The molecule has 11 heteroatoms. The van der Waals surface area contributed by atoms with Crippen LogP contribution in [0.2, 0.25) is 0 Å². The molecule has 6 rings (SSSR count). The third-order valence-corrected chi connectivity index (χ3v) is 12.9. The van der Waals surface area contributed by atoms with Crippen molar-refractivity contribution in [3.8, 4) is 0 Å². The molecule has 0 spiro atoms. The van der Waals surface area contributed by atoms with Gasteiger partial charge < -0.3 is 15.2 Å². The summed E-state index contributed by atoms with van der Waals surface area (Å²) in [7, 11) is -4.41. The van der Waals surface area contributed by atoms with Crippen LogP contribution in [0.4, 0.5) is 5.69 Å². The molecule has 5 aromatic rings. The summed E-state index contributed by atoms with van der Waals surface area (Å²) < 4.78 is 35.3. The number of hydrogen-bond acceptors (Lipinski definition) is 7. The number of ether oxygens (including phenoxy) is 1. The van der Waals surface area contributed by atoms with Gasteiger partial charge in [-0.1, -0.05) is 109 Å². The van der Waals surface area contributed by atoms with Gasteiger partial charge in [0.2, 0.25) is 10.0 Å². The van der Waals surface area contributed by atoms with E-state index in [0.29, 0.717) is 37.6 Å². The first-order chi connectivity index (χ1) is 25.2. The third kappa shape index (κ3) is 7.99. The average Bonchev–Trinajstić information content (AvgIpc) is 3.19. The molecule has 1 aliphatic heterocycles. The van der Waals surface area contributed by atoms with Gasteiger partial charge in [-0.25, -0.2) is 8.42 Å². The number of anilines is 1. The number of benzene rings is 5. The highest BCUT2D eigenvalue weighted by Gasteiger charge is 2.45. The average molecular weight is 736 g/mol. The minimum absolute atomic E-state index is 0.0762. The zero-order chi connectivity index (χ0) is 36.6. The summed E-state index contributed by atoms with van der Waals surface area (Å²) in [4.78, 5) is 28.1. The summed E-state index contributed by atoms with van der Waals surface area (Å²) in [6.45, 7) is 3.42. The number of aliphatic carboxylic acids is 1. The molecule has 1 fully saturated rings. The second kappa shape index (κ2) is 16.7. The number of sulfonamides is 1. The van der Waals surface area contributed by atoms with E-state index >= 15 is 0 Å². The molecule has 9 nitrogen and oxygen atoms in total. The van der Waals surface area contributed by atoms with Gasteiger partial charge >= 0.3 is 5.97 Å². The van der Waals surface area contributed by atoms with Crippen LogP contribution in [0.25, 0.3) is 0 Å². The van der Waals surface area contributed by atoms with Gasteiger partial charge in [-0.05, 0) is 60.0 Å². The monoisotopic (exact) mass is 735 g/mol. The number of carbonyl (C=O) groups is 2. The fraction of sp³-hybridized carbons (Fsp3) is 0.220. The number of rotatable bonds is 14. The summed E-state index contributed by atoms with van der Waals surface area (Å²) in [5.41, 5.74) is 3.68.